The van der Waals surface area contributed by atoms with Crippen LogP contribution in [-0.2, 0) is 13.2 Å². The first-order valence-electron chi connectivity index (χ1n) is 7.76. The van der Waals surface area contributed by atoms with E-state index >= 15 is 0 Å². The van der Waals surface area contributed by atoms with E-state index in [1.807, 2.05) is 54.9 Å². The minimum absolute atomic E-state index is 0.0403. The summed E-state index contributed by atoms with van der Waals surface area (Å²) in [6.07, 6.45) is 3.63. The fourth-order valence-electron chi connectivity index (χ4n) is 2.31. The first-order chi connectivity index (χ1) is 12.1. The molecule has 3 aromatic rings. The number of pyridine rings is 1. The number of hydrogen-bond acceptors (Lipinski definition) is 2. The molecule has 0 saturated carbocycles. The average molecular weight is 373 g/mol. The number of ketones is 1. The highest BCUT2D eigenvalue weighted by molar-refractivity contribution is 6.42. The molecule has 0 aliphatic carbocycles. The van der Waals surface area contributed by atoms with E-state index in [-0.39, 0.29) is 12.3 Å². The Balaban J connectivity index is 1.60. The molecule has 0 radical (unpaired) electrons. The Morgan fingerprint density at radius 3 is 2.32 bits per heavy atom. The number of ether oxygens (including phenoxy) is 1. The molecule has 0 bridgehead atoms. The summed E-state index contributed by atoms with van der Waals surface area (Å²) in [5.41, 5.74) is 1.64. The summed E-state index contributed by atoms with van der Waals surface area (Å²) in [5, 5.41) is 0.813. The Hall–Kier alpha value is -2.36. The lowest BCUT2D eigenvalue weighted by atomic mass is 10.1. The number of nitrogens with zero attached hydrogens (tertiary/aromatic N) is 1. The number of halogens is 2. The highest BCUT2D eigenvalue weighted by Gasteiger charge is 2.13. The van der Waals surface area contributed by atoms with Crippen molar-refractivity contribution in [2.75, 3.05) is 0 Å². The Morgan fingerprint density at radius 2 is 1.64 bits per heavy atom. The second-order valence-electron chi connectivity index (χ2n) is 5.53. The summed E-state index contributed by atoms with van der Waals surface area (Å²) in [6, 6.07) is 18.5. The zero-order valence-corrected chi connectivity index (χ0v) is 14.9. The molecule has 1 aromatic heterocycles. The molecule has 3 nitrogen and oxygen atoms in total. The molecule has 0 aliphatic rings. The number of benzene rings is 2. The lowest BCUT2D eigenvalue weighted by Crippen LogP contribution is -2.37. The van der Waals surface area contributed by atoms with Crippen molar-refractivity contribution < 1.29 is 14.1 Å². The van der Waals surface area contributed by atoms with E-state index in [9.17, 15) is 4.79 Å². The minimum Gasteiger partial charge on any atom is -0.488 e. The maximum atomic E-state index is 12.3. The van der Waals surface area contributed by atoms with Gasteiger partial charge in [-0.1, -0.05) is 53.5 Å². The summed E-state index contributed by atoms with van der Waals surface area (Å²) in [7, 11) is 0. The predicted molar refractivity (Wildman–Crippen MR) is 98.2 cm³/mol. The second-order valence-corrected chi connectivity index (χ2v) is 6.35. The highest BCUT2D eigenvalue weighted by atomic mass is 35.5. The largest absolute Gasteiger partial charge is 0.488 e. The lowest BCUT2D eigenvalue weighted by molar-refractivity contribution is -0.683. The first-order valence-corrected chi connectivity index (χ1v) is 8.51. The summed E-state index contributed by atoms with van der Waals surface area (Å²) >= 11 is 11.8. The van der Waals surface area contributed by atoms with Gasteiger partial charge in [-0.2, -0.15) is 4.57 Å². The van der Waals surface area contributed by atoms with E-state index in [4.69, 9.17) is 27.9 Å². The van der Waals surface area contributed by atoms with Crippen LogP contribution in [0, 0.1) is 0 Å². The van der Waals surface area contributed by atoms with Crippen LogP contribution in [0.15, 0.2) is 73.1 Å². The molecule has 2 aromatic carbocycles. The molecule has 126 valence electrons. The second kappa shape index (κ2) is 8.15. The van der Waals surface area contributed by atoms with Crippen LogP contribution in [0.25, 0.3) is 0 Å². The van der Waals surface area contributed by atoms with Crippen molar-refractivity contribution in [2.45, 2.75) is 13.2 Å². The quantitative estimate of drug-likeness (QED) is 0.461. The van der Waals surface area contributed by atoms with Gasteiger partial charge in [-0.25, -0.2) is 0 Å². The summed E-state index contributed by atoms with van der Waals surface area (Å²) in [4.78, 5) is 12.3. The molecule has 0 atom stereocenters. The predicted octanol–water partition coefficient (Wildman–Crippen LogP) is 4.74. The van der Waals surface area contributed by atoms with Crippen LogP contribution >= 0.6 is 23.2 Å². The number of hydrogen-bond donors (Lipinski definition) is 0. The van der Waals surface area contributed by atoms with Crippen LogP contribution in [0.5, 0.6) is 5.75 Å². The molecule has 0 amide bonds. The molecular formula is C20H16Cl2NO2+. The van der Waals surface area contributed by atoms with Crippen LogP contribution in [0.2, 0.25) is 10.0 Å². The fourth-order valence-corrected chi connectivity index (χ4v) is 2.61. The maximum absolute atomic E-state index is 12.3. The van der Waals surface area contributed by atoms with Crippen molar-refractivity contribution >= 4 is 29.0 Å². The summed E-state index contributed by atoms with van der Waals surface area (Å²) < 4.78 is 7.53. The first kappa shape index (κ1) is 17.5. The van der Waals surface area contributed by atoms with Gasteiger partial charge in [0.05, 0.1) is 10.0 Å². The summed E-state index contributed by atoms with van der Waals surface area (Å²) in [6.45, 7) is 0.726. The normalized spacial score (nSPS) is 10.5. The molecule has 0 unspecified atom stereocenters. The maximum Gasteiger partial charge on any atom is 0.227 e. The molecule has 3 rings (SSSR count). The minimum atomic E-state index is -0.0403. The molecule has 25 heavy (non-hydrogen) atoms. The van der Waals surface area contributed by atoms with Crippen LogP contribution in [-0.4, -0.2) is 5.78 Å². The van der Waals surface area contributed by atoms with Gasteiger partial charge < -0.3 is 4.74 Å². The SMILES string of the molecule is O=C(C[n+]1ccc(OCc2ccccc2)cc1)c1ccc(Cl)c(Cl)c1. The van der Waals surface area contributed by atoms with E-state index in [1.165, 1.54) is 0 Å². The van der Waals surface area contributed by atoms with Gasteiger partial charge in [0, 0.05) is 17.7 Å². The Labute approximate surface area is 156 Å². The molecule has 0 fully saturated rings. The van der Waals surface area contributed by atoms with Crippen molar-refractivity contribution in [1.82, 2.24) is 0 Å². The third-order valence-corrected chi connectivity index (χ3v) is 4.42. The molecule has 0 aliphatic heterocycles. The van der Waals surface area contributed by atoms with Gasteiger partial charge in [0.2, 0.25) is 12.3 Å². The fraction of sp³-hybridized carbons (Fsp3) is 0.100. The van der Waals surface area contributed by atoms with E-state index < -0.39 is 0 Å². The van der Waals surface area contributed by atoms with Crippen LogP contribution in [0.1, 0.15) is 15.9 Å². The third-order valence-electron chi connectivity index (χ3n) is 3.68. The van der Waals surface area contributed by atoms with Crippen molar-refractivity contribution in [2.24, 2.45) is 0 Å². The number of carbonyl (C=O) groups is 1. The van der Waals surface area contributed by atoms with E-state index in [2.05, 4.69) is 0 Å². The van der Waals surface area contributed by atoms with Gasteiger partial charge >= 0.3 is 0 Å². The van der Waals surface area contributed by atoms with Crippen molar-refractivity contribution in [3.63, 3.8) is 0 Å². The van der Waals surface area contributed by atoms with Crippen LogP contribution in [0.3, 0.4) is 0 Å². The third kappa shape index (κ3) is 4.81. The van der Waals surface area contributed by atoms with Crippen LogP contribution < -0.4 is 9.30 Å². The number of Topliss-reactive ketones (excluding diaryl/α,β-unsaturated/α-hetero) is 1. The molecule has 1 heterocycles. The molecular weight excluding hydrogens is 357 g/mol. The smallest absolute Gasteiger partial charge is 0.227 e. The van der Waals surface area contributed by atoms with Gasteiger partial charge in [-0.15, -0.1) is 0 Å². The van der Waals surface area contributed by atoms with E-state index in [1.54, 1.807) is 22.8 Å². The van der Waals surface area contributed by atoms with Gasteiger partial charge in [0.25, 0.3) is 0 Å². The number of aromatic nitrogens is 1. The van der Waals surface area contributed by atoms with Crippen molar-refractivity contribution in [1.29, 1.82) is 0 Å². The highest BCUT2D eigenvalue weighted by Crippen LogP contribution is 2.22. The Bertz CT molecular complexity index is 865. The monoisotopic (exact) mass is 372 g/mol. The van der Waals surface area contributed by atoms with Crippen molar-refractivity contribution in [3.05, 3.63) is 94.2 Å². The zero-order chi connectivity index (χ0) is 17.6. The molecule has 0 N–H and O–H groups in total. The van der Waals surface area contributed by atoms with Gasteiger partial charge in [0.15, 0.2) is 12.4 Å². The standard InChI is InChI=1S/C20H16Cl2NO2/c21-18-7-6-16(12-19(18)22)20(24)13-23-10-8-17(9-11-23)25-14-15-4-2-1-3-5-15/h1-12H,13-14H2/q+1. The number of carbonyl (C=O) groups excluding carboxylic acids is 1. The number of rotatable bonds is 6. The Kier molecular flexibility index (Phi) is 5.69. The van der Waals surface area contributed by atoms with Gasteiger partial charge in [-0.05, 0) is 23.8 Å². The van der Waals surface area contributed by atoms with E-state index in [0.717, 1.165) is 11.3 Å². The molecule has 5 heteroatoms. The molecule has 0 spiro atoms. The topological polar surface area (TPSA) is 30.2 Å². The molecule has 0 saturated heterocycles. The lowest BCUT2D eigenvalue weighted by Gasteiger charge is -2.05. The van der Waals surface area contributed by atoms with Gasteiger partial charge in [0.1, 0.15) is 12.4 Å². The zero-order valence-electron chi connectivity index (χ0n) is 13.4. The van der Waals surface area contributed by atoms with E-state index in [0.29, 0.717) is 22.2 Å². The van der Waals surface area contributed by atoms with Crippen LogP contribution in [0.4, 0.5) is 0 Å². The summed E-state index contributed by atoms with van der Waals surface area (Å²) in [5.74, 6) is 0.712. The van der Waals surface area contributed by atoms with Crippen molar-refractivity contribution in [3.8, 4) is 5.75 Å². The van der Waals surface area contributed by atoms with Gasteiger partial charge in [-0.3, -0.25) is 4.79 Å². The average Bonchev–Trinajstić information content (AvgIpc) is 2.64. The Morgan fingerprint density at radius 1 is 0.920 bits per heavy atom.